The van der Waals surface area contributed by atoms with E-state index in [1.54, 1.807) is 23.0 Å². The summed E-state index contributed by atoms with van der Waals surface area (Å²) in [5.74, 6) is 0.360. The van der Waals surface area contributed by atoms with Gasteiger partial charge in [-0.25, -0.2) is 14.6 Å². The fourth-order valence-corrected chi connectivity index (χ4v) is 2.93. The maximum Gasteiger partial charge on any atom is 0.238 e. The zero-order valence-electron chi connectivity index (χ0n) is 14.8. The molecule has 2 N–H and O–H groups in total. The van der Waals surface area contributed by atoms with Crippen LogP contribution in [0.3, 0.4) is 0 Å². The summed E-state index contributed by atoms with van der Waals surface area (Å²) in [4.78, 5) is 20.6. The van der Waals surface area contributed by atoms with Gasteiger partial charge in [-0.3, -0.25) is 15.6 Å². The number of amides is 1. The van der Waals surface area contributed by atoms with Gasteiger partial charge >= 0.3 is 0 Å². The normalized spacial score (nSPS) is 10.8. The monoisotopic (exact) mass is 392 g/mol. The van der Waals surface area contributed by atoms with Crippen LogP contribution in [0.1, 0.15) is 12.0 Å². The molecule has 2 aromatic heterocycles. The summed E-state index contributed by atoms with van der Waals surface area (Å²) in [5, 5.41) is 5.72. The van der Waals surface area contributed by atoms with E-state index in [0.717, 1.165) is 11.3 Å². The number of rotatable bonds is 6. The Morgan fingerprint density at radius 3 is 2.61 bits per heavy atom. The number of aryl methyl sites for hydroxylation is 1. The Balaban J connectivity index is 1.46. The first-order valence-corrected chi connectivity index (χ1v) is 9.12. The molecule has 2 heterocycles. The lowest BCUT2D eigenvalue weighted by Gasteiger charge is -2.09. The van der Waals surface area contributed by atoms with Crippen molar-refractivity contribution in [3.05, 3.63) is 77.7 Å². The van der Waals surface area contributed by atoms with E-state index in [4.69, 9.17) is 11.6 Å². The van der Waals surface area contributed by atoms with E-state index in [1.807, 2.05) is 42.5 Å². The summed E-state index contributed by atoms with van der Waals surface area (Å²) in [7, 11) is 0. The van der Waals surface area contributed by atoms with Gasteiger partial charge in [0.2, 0.25) is 5.91 Å². The number of carbonyl (C=O) groups is 1. The van der Waals surface area contributed by atoms with E-state index < -0.39 is 0 Å². The Morgan fingerprint density at radius 2 is 1.82 bits per heavy atom. The molecule has 4 aromatic rings. The summed E-state index contributed by atoms with van der Waals surface area (Å²) in [6.45, 7) is 0. The van der Waals surface area contributed by atoms with Crippen molar-refractivity contribution >= 4 is 34.4 Å². The molecule has 0 aliphatic rings. The molecule has 0 aliphatic heterocycles. The highest BCUT2D eigenvalue weighted by Gasteiger charge is 2.12. The average Bonchev–Trinajstić information content (AvgIpc) is 3.17. The standard InChI is InChI=1S/C20H17ClN6O/c21-15-7-9-16(10-8-15)27-20-17(12-24-27)19(22-13-23-20)26-25-18(28)11-6-14-4-2-1-3-5-14/h1-5,7-10,12-13H,6,11H2,(H,25,28)(H,22,23,26). The van der Waals surface area contributed by atoms with E-state index in [1.165, 1.54) is 6.33 Å². The van der Waals surface area contributed by atoms with E-state index >= 15 is 0 Å². The predicted octanol–water partition coefficient (Wildman–Crippen LogP) is 3.54. The highest BCUT2D eigenvalue weighted by Crippen LogP contribution is 2.22. The second-order valence-corrected chi connectivity index (χ2v) is 6.59. The first-order chi connectivity index (χ1) is 13.7. The van der Waals surface area contributed by atoms with Crippen molar-refractivity contribution in [2.45, 2.75) is 12.8 Å². The number of aromatic nitrogens is 4. The van der Waals surface area contributed by atoms with Crippen LogP contribution in [0.25, 0.3) is 16.7 Å². The molecule has 0 saturated heterocycles. The number of hydrogen-bond donors (Lipinski definition) is 2. The summed E-state index contributed by atoms with van der Waals surface area (Å²) in [6.07, 6.45) is 4.12. The number of benzene rings is 2. The zero-order chi connectivity index (χ0) is 19.3. The van der Waals surface area contributed by atoms with Gasteiger partial charge in [-0.2, -0.15) is 5.10 Å². The van der Waals surface area contributed by atoms with E-state index in [2.05, 4.69) is 25.9 Å². The van der Waals surface area contributed by atoms with Gasteiger partial charge in [0.1, 0.15) is 6.33 Å². The summed E-state index contributed by atoms with van der Waals surface area (Å²) in [6, 6.07) is 17.2. The van der Waals surface area contributed by atoms with Gasteiger partial charge in [0.05, 0.1) is 17.3 Å². The second-order valence-electron chi connectivity index (χ2n) is 6.15. The molecule has 28 heavy (non-hydrogen) atoms. The van der Waals surface area contributed by atoms with Gasteiger partial charge in [-0.05, 0) is 36.2 Å². The van der Waals surface area contributed by atoms with Gasteiger partial charge in [0, 0.05) is 11.4 Å². The molecule has 4 rings (SSSR count). The highest BCUT2D eigenvalue weighted by atomic mass is 35.5. The van der Waals surface area contributed by atoms with E-state index in [0.29, 0.717) is 34.7 Å². The molecule has 8 heteroatoms. The fourth-order valence-electron chi connectivity index (χ4n) is 2.81. The Labute approximate surface area is 166 Å². The molecule has 0 bridgehead atoms. The quantitative estimate of drug-likeness (QED) is 0.490. The number of fused-ring (bicyclic) bond motifs is 1. The molecule has 1 amide bonds. The van der Waals surface area contributed by atoms with Crippen molar-refractivity contribution in [1.82, 2.24) is 25.2 Å². The number of hydrogen-bond acceptors (Lipinski definition) is 5. The maximum absolute atomic E-state index is 12.1. The second kappa shape index (κ2) is 8.06. The van der Waals surface area contributed by atoms with Crippen LogP contribution in [-0.2, 0) is 11.2 Å². The van der Waals surface area contributed by atoms with Gasteiger partial charge in [0.25, 0.3) is 0 Å². The van der Waals surface area contributed by atoms with Crippen LogP contribution in [0.2, 0.25) is 5.02 Å². The minimum absolute atomic E-state index is 0.124. The Hall–Kier alpha value is -3.45. The van der Waals surface area contributed by atoms with Crippen molar-refractivity contribution < 1.29 is 4.79 Å². The molecular weight excluding hydrogens is 376 g/mol. The number of nitrogens with zero attached hydrogens (tertiary/aromatic N) is 4. The molecule has 0 saturated carbocycles. The number of anilines is 1. The van der Waals surface area contributed by atoms with Crippen LogP contribution in [0.4, 0.5) is 5.82 Å². The minimum Gasteiger partial charge on any atom is -0.281 e. The van der Waals surface area contributed by atoms with Crippen molar-refractivity contribution in [1.29, 1.82) is 0 Å². The average molecular weight is 393 g/mol. The molecule has 140 valence electrons. The number of carbonyl (C=O) groups excluding carboxylic acids is 1. The molecule has 0 spiro atoms. The van der Waals surface area contributed by atoms with Crippen LogP contribution in [0.15, 0.2) is 67.1 Å². The van der Waals surface area contributed by atoms with Crippen LogP contribution in [-0.4, -0.2) is 25.7 Å². The fraction of sp³-hybridized carbons (Fsp3) is 0.100. The molecule has 0 unspecified atom stereocenters. The summed E-state index contributed by atoms with van der Waals surface area (Å²) in [5.41, 5.74) is 8.13. The first-order valence-electron chi connectivity index (χ1n) is 8.74. The van der Waals surface area contributed by atoms with Crippen molar-refractivity contribution in [2.75, 3.05) is 5.43 Å². The SMILES string of the molecule is O=C(CCc1ccccc1)NNc1ncnc2c1cnn2-c1ccc(Cl)cc1. The number of hydrazine groups is 1. The first kappa shape index (κ1) is 17.9. The Kier molecular flexibility index (Phi) is 5.16. The molecular formula is C20H17ClN6O. The lowest BCUT2D eigenvalue weighted by molar-refractivity contribution is -0.120. The largest absolute Gasteiger partial charge is 0.281 e. The molecule has 7 nitrogen and oxygen atoms in total. The summed E-state index contributed by atoms with van der Waals surface area (Å²) < 4.78 is 1.69. The maximum atomic E-state index is 12.1. The summed E-state index contributed by atoms with van der Waals surface area (Å²) >= 11 is 5.95. The van der Waals surface area contributed by atoms with Crippen LogP contribution >= 0.6 is 11.6 Å². The molecule has 0 radical (unpaired) electrons. The molecule has 0 aliphatic carbocycles. The minimum atomic E-state index is -0.124. The lowest BCUT2D eigenvalue weighted by Crippen LogP contribution is -2.30. The van der Waals surface area contributed by atoms with E-state index in [9.17, 15) is 4.79 Å². The van der Waals surface area contributed by atoms with Crippen LogP contribution < -0.4 is 10.9 Å². The number of nitrogens with one attached hydrogen (secondary N) is 2. The lowest BCUT2D eigenvalue weighted by atomic mass is 10.1. The molecule has 0 fully saturated rings. The van der Waals surface area contributed by atoms with Gasteiger partial charge in [0.15, 0.2) is 11.5 Å². The van der Waals surface area contributed by atoms with Crippen molar-refractivity contribution in [3.63, 3.8) is 0 Å². The third-order valence-electron chi connectivity index (χ3n) is 4.24. The Bertz CT molecular complexity index is 1090. The van der Waals surface area contributed by atoms with Gasteiger partial charge < -0.3 is 0 Å². The molecule has 0 atom stereocenters. The zero-order valence-corrected chi connectivity index (χ0v) is 15.6. The number of halogens is 1. The Morgan fingerprint density at radius 1 is 1.04 bits per heavy atom. The smallest absolute Gasteiger partial charge is 0.238 e. The topological polar surface area (TPSA) is 84.7 Å². The third kappa shape index (κ3) is 3.94. The van der Waals surface area contributed by atoms with Gasteiger partial charge in [-0.15, -0.1) is 0 Å². The predicted molar refractivity (Wildman–Crippen MR) is 108 cm³/mol. The molecule has 2 aromatic carbocycles. The van der Waals surface area contributed by atoms with E-state index in [-0.39, 0.29) is 5.91 Å². The highest BCUT2D eigenvalue weighted by molar-refractivity contribution is 6.30. The van der Waals surface area contributed by atoms with Gasteiger partial charge in [-0.1, -0.05) is 41.9 Å². The third-order valence-corrected chi connectivity index (χ3v) is 4.49. The van der Waals surface area contributed by atoms with Crippen molar-refractivity contribution in [2.24, 2.45) is 0 Å². The van der Waals surface area contributed by atoms with Crippen LogP contribution in [0.5, 0.6) is 0 Å². The van der Waals surface area contributed by atoms with Crippen LogP contribution in [0, 0.1) is 0 Å². The van der Waals surface area contributed by atoms with Crippen molar-refractivity contribution in [3.8, 4) is 5.69 Å².